The van der Waals surface area contributed by atoms with E-state index in [1.54, 1.807) is 48.5 Å². The molecule has 0 unspecified atom stereocenters. The summed E-state index contributed by atoms with van der Waals surface area (Å²) in [6.45, 7) is 0. The third-order valence-electron chi connectivity index (χ3n) is 5.34. The molecular weight excluding hydrogens is 691 g/mol. The first-order valence-corrected chi connectivity index (χ1v) is 18.2. The first kappa shape index (κ1) is 26.1. The second-order valence-electron chi connectivity index (χ2n) is 7.25. The molecule has 4 rings (SSSR count). The number of rotatable bonds is 4. The molecule has 0 aromatic heterocycles. The molecule has 0 saturated heterocycles. The molecule has 0 heterocycles. The summed E-state index contributed by atoms with van der Waals surface area (Å²) in [5, 5.41) is 3.99. The van der Waals surface area contributed by atoms with Crippen molar-refractivity contribution in [1.29, 1.82) is 0 Å². The molecule has 0 aliphatic heterocycles. The first-order valence-electron chi connectivity index (χ1n) is 9.46. The van der Waals surface area contributed by atoms with Crippen molar-refractivity contribution in [3.8, 4) is 0 Å². The second-order valence-corrected chi connectivity index (χ2v) is 21.1. The Labute approximate surface area is 236 Å². The van der Waals surface area contributed by atoms with Gasteiger partial charge in [-0.1, -0.05) is 0 Å². The van der Waals surface area contributed by atoms with Crippen LogP contribution in [0.3, 0.4) is 0 Å². The van der Waals surface area contributed by atoms with Crippen LogP contribution in [0.5, 0.6) is 0 Å². The Morgan fingerprint density at radius 1 is 0.333 bits per heavy atom. The van der Waals surface area contributed by atoms with Crippen LogP contribution in [0.15, 0.2) is 72.8 Å². The number of benzene rings is 4. The Balaban J connectivity index is 2.28. The van der Waals surface area contributed by atoms with Crippen LogP contribution < -0.4 is 14.3 Å². The maximum atomic E-state index is 6.87. The van der Waals surface area contributed by atoms with Crippen molar-refractivity contribution < 1.29 is 0 Å². The van der Waals surface area contributed by atoms with Crippen LogP contribution in [0, 0.1) is 0 Å². The standard InChI is InChI=1S/4C6H3Cl2.Sn/c4*7-5-2-1-3-6(8)4-5;/h4*1-2,4H;. The van der Waals surface area contributed by atoms with Crippen molar-refractivity contribution in [1.82, 2.24) is 0 Å². The van der Waals surface area contributed by atoms with Gasteiger partial charge in [-0.2, -0.15) is 0 Å². The molecule has 0 nitrogen and oxygen atoms in total. The van der Waals surface area contributed by atoms with E-state index in [1.165, 1.54) is 0 Å². The van der Waals surface area contributed by atoms with E-state index in [-0.39, 0.29) is 0 Å². The fourth-order valence-corrected chi connectivity index (χ4v) is 23.2. The van der Waals surface area contributed by atoms with Crippen molar-refractivity contribution in [3.63, 3.8) is 0 Å². The monoisotopic (exact) mass is 700 g/mol. The van der Waals surface area contributed by atoms with Crippen molar-refractivity contribution >= 4 is 126 Å². The molecule has 0 N–H and O–H groups in total. The summed E-state index contributed by atoms with van der Waals surface area (Å²) in [7, 11) is 0. The summed E-state index contributed by atoms with van der Waals surface area (Å²) >= 11 is 48.1. The third kappa shape index (κ3) is 4.99. The summed E-state index contributed by atoms with van der Waals surface area (Å²) in [6, 6.07) is 21.7. The molecule has 0 aliphatic carbocycles. The molecule has 0 amide bonds. The Bertz CT molecular complexity index is 1160. The molecule has 0 spiro atoms. The van der Waals surface area contributed by atoms with Gasteiger partial charge in [0.15, 0.2) is 0 Å². The van der Waals surface area contributed by atoms with Gasteiger partial charge in [-0.15, -0.1) is 0 Å². The Morgan fingerprint density at radius 3 is 0.727 bits per heavy atom. The van der Waals surface area contributed by atoms with E-state index in [9.17, 15) is 0 Å². The zero-order valence-electron chi connectivity index (χ0n) is 16.5. The second kappa shape index (κ2) is 10.5. The SMILES string of the molecule is Clc1cc[c]([Sn]([c]2ccc(Cl)cc2Cl)([c]2ccc(Cl)cc2Cl)[c]2ccc(Cl)cc2Cl)c(Cl)c1. The van der Waals surface area contributed by atoms with Crippen LogP contribution in [0.1, 0.15) is 0 Å². The average molecular weight is 703 g/mol. The van der Waals surface area contributed by atoms with Gasteiger partial charge in [0, 0.05) is 0 Å². The van der Waals surface area contributed by atoms with E-state index >= 15 is 0 Å². The van der Waals surface area contributed by atoms with Gasteiger partial charge in [-0.05, 0) is 0 Å². The van der Waals surface area contributed by atoms with Gasteiger partial charge in [-0.3, -0.25) is 0 Å². The van der Waals surface area contributed by atoms with Crippen LogP contribution in [-0.4, -0.2) is 18.4 Å². The van der Waals surface area contributed by atoms with Gasteiger partial charge in [0.05, 0.1) is 0 Å². The Kier molecular flexibility index (Phi) is 8.33. The zero-order chi connectivity index (χ0) is 23.9. The minimum atomic E-state index is -4.44. The van der Waals surface area contributed by atoms with Gasteiger partial charge >= 0.3 is 238 Å². The maximum absolute atomic E-state index is 6.87. The van der Waals surface area contributed by atoms with E-state index < -0.39 is 18.4 Å². The van der Waals surface area contributed by atoms with E-state index in [1.807, 2.05) is 24.3 Å². The topological polar surface area (TPSA) is 0 Å². The van der Waals surface area contributed by atoms with Gasteiger partial charge in [0.25, 0.3) is 0 Å². The summed E-state index contributed by atoms with van der Waals surface area (Å²) in [5.74, 6) is 0. The normalized spacial score (nSPS) is 11.6. The zero-order valence-corrected chi connectivity index (χ0v) is 25.4. The van der Waals surface area contributed by atoms with Gasteiger partial charge < -0.3 is 0 Å². The molecule has 168 valence electrons. The first-order chi connectivity index (χ1) is 15.6. The molecule has 4 aromatic rings. The van der Waals surface area contributed by atoms with Crippen LogP contribution >= 0.6 is 92.8 Å². The van der Waals surface area contributed by atoms with Gasteiger partial charge in [0.1, 0.15) is 0 Å². The predicted octanol–water partition coefficient (Wildman–Crippen LogP) is 8.29. The van der Waals surface area contributed by atoms with Crippen molar-refractivity contribution in [2.45, 2.75) is 0 Å². The Morgan fingerprint density at radius 2 is 0.545 bits per heavy atom. The summed E-state index contributed by atoms with van der Waals surface area (Å²) in [6.07, 6.45) is 0. The van der Waals surface area contributed by atoms with E-state index in [4.69, 9.17) is 92.8 Å². The molecular formula is C24H12Cl8Sn. The van der Waals surface area contributed by atoms with Crippen LogP contribution in [-0.2, 0) is 0 Å². The molecule has 4 aromatic carbocycles. The van der Waals surface area contributed by atoms with E-state index in [0.29, 0.717) is 40.2 Å². The molecule has 0 bridgehead atoms. The van der Waals surface area contributed by atoms with Crippen molar-refractivity contribution in [2.75, 3.05) is 0 Å². The van der Waals surface area contributed by atoms with E-state index in [2.05, 4.69) is 0 Å². The molecule has 0 radical (unpaired) electrons. The molecule has 0 atom stereocenters. The fourth-order valence-electron chi connectivity index (χ4n) is 4.04. The predicted molar refractivity (Wildman–Crippen MR) is 150 cm³/mol. The molecule has 0 saturated carbocycles. The summed E-state index contributed by atoms with van der Waals surface area (Å²) < 4.78 is 3.47. The van der Waals surface area contributed by atoms with Crippen molar-refractivity contribution in [3.05, 3.63) is 113 Å². The van der Waals surface area contributed by atoms with Crippen LogP contribution in [0.2, 0.25) is 40.2 Å². The quantitative estimate of drug-likeness (QED) is 0.188. The summed E-state index contributed by atoms with van der Waals surface area (Å²) in [4.78, 5) is 0. The summed E-state index contributed by atoms with van der Waals surface area (Å²) in [5.41, 5.74) is 0. The number of hydrogen-bond acceptors (Lipinski definition) is 0. The Hall–Kier alpha value is -0.00130. The minimum absolute atomic E-state index is 0.487. The number of halogens is 8. The molecule has 9 heteroatoms. The average Bonchev–Trinajstić information content (AvgIpc) is 2.72. The fraction of sp³-hybridized carbons (Fsp3) is 0. The van der Waals surface area contributed by atoms with Crippen LogP contribution in [0.25, 0.3) is 0 Å². The van der Waals surface area contributed by atoms with Gasteiger partial charge in [-0.25, -0.2) is 0 Å². The molecule has 0 aliphatic rings. The third-order valence-corrected chi connectivity index (χ3v) is 23.5. The molecule has 33 heavy (non-hydrogen) atoms. The van der Waals surface area contributed by atoms with E-state index in [0.717, 1.165) is 14.3 Å². The van der Waals surface area contributed by atoms with Gasteiger partial charge in [0.2, 0.25) is 0 Å². The molecule has 0 fully saturated rings. The number of hydrogen-bond donors (Lipinski definition) is 0. The van der Waals surface area contributed by atoms with Crippen LogP contribution in [0.4, 0.5) is 0 Å². The van der Waals surface area contributed by atoms with Crippen molar-refractivity contribution in [2.24, 2.45) is 0 Å².